The fourth-order valence-electron chi connectivity index (χ4n) is 4.22. The quantitative estimate of drug-likeness (QED) is 0.719. The minimum absolute atomic E-state index is 0.0685. The van der Waals surface area contributed by atoms with Crippen LogP contribution in [0.3, 0.4) is 0 Å². The van der Waals surface area contributed by atoms with Gasteiger partial charge in [0.2, 0.25) is 11.8 Å². The molecule has 0 atom stereocenters. The predicted molar refractivity (Wildman–Crippen MR) is 104 cm³/mol. The Labute approximate surface area is 161 Å². The molecule has 3 rings (SSSR count). The van der Waals surface area contributed by atoms with E-state index < -0.39 is 0 Å². The summed E-state index contributed by atoms with van der Waals surface area (Å²) in [6.45, 7) is 6.04. The Hall–Kier alpha value is -0.790. The van der Waals surface area contributed by atoms with Gasteiger partial charge in [-0.05, 0) is 31.6 Å². The number of piperidine rings is 1. The molecule has 2 saturated heterocycles. The Morgan fingerprint density at radius 3 is 2.35 bits per heavy atom. The van der Waals surface area contributed by atoms with Crippen LogP contribution in [0, 0.1) is 5.92 Å². The van der Waals surface area contributed by atoms with Crippen LogP contribution < -0.4 is 5.32 Å². The van der Waals surface area contributed by atoms with E-state index >= 15 is 0 Å². The van der Waals surface area contributed by atoms with Gasteiger partial charge >= 0.3 is 0 Å². The summed E-state index contributed by atoms with van der Waals surface area (Å²) in [5.41, 5.74) is 0. The number of ether oxygens (including phenoxy) is 1. The van der Waals surface area contributed by atoms with Gasteiger partial charge in [-0.25, -0.2) is 0 Å². The van der Waals surface area contributed by atoms with Gasteiger partial charge in [0, 0.05) is 38.8 Å². The fraction of sp³-hybridized carbons (Fsp3) is 0.895. The number of amides is 2. The van der Waals surface area contributed by atoms with Crippen molar-refractivity contribution < 1.29 is 14.3 Å². The van der Waals surface area contributed by atoms with Crippen molar-refractivity contribution in [2.75, 3.05) is 57.4 Å². The molecule has 0 bridgehead atoms. The summed E-state index contributed by atoms with van der Waals surface area (Å²) >= 11 is 1.42. The van der Waals surface area contributed by atoms with Gasteiger partial charge in [0.25, 0.3) is 0 Å². The van der Waals surface area contributed by atoms with Crippen molar-refractivity contribution >= 4 is 23.6 Å². The fourth-order valence-corrected chi connectivity index (χ4v) is 4.95. The van der Waals surface area contributed by atoms with Crippen molar-refractivity contribution in [3.05, 3.63) is 0 Å². The molecule has 0 radical (unpaired) electrons. The SMILES string of the molecule is O=C(CSCC(=O)N1CCOCC1)NC1CCN(CC2CCCC2)CC1. The van der Waals surface area contributed by atoms with Crippen molar-refractivity contribution in [3.63, 3.8) is 0 Å². The van der Waals surface area contributed by atoms with Gasteiger partial charge in [-0.1, -0.05) is 12.8 Å². The maximum absolute atomic E-state index is 12.1. The maximum atomic E-state index is 12.1. The molecule has 0 spiro atoms. The van der Waals surface area contributed by atoms with Crippen molar-refractivity contribution in [2.45, 2.75) is 44.6 Å². The standard InChI is InChI=1S/C19H33N3O3S/c23-18(14-26-15-19(24)22-9-11-25-12-10-22)20-17-5-7-21(8-6-17)13-16-3-1-2-4-16/h16-17H,1-15H2,(H,20,23). The molecule has 2 aliphatic heterocycles. The smallest absolute Gasteiger partial charge is 0.232 e. The molecular formula is C19H33N3O3S. The first-order chi connectivity index (χ1) is 12.7. The van der Waals surface area contributed by atoms with Crippen LogP contribution in [0.5, 0.6) is 0 Å². The molecule has 2 heterocycles. The highest BCUT2D eigenvalue weighted by atomic mass is 32.2. The summed E-state index contributed by atoms with van der Waals surface area (Å²) in [4.78, 5) is 28.6. The highest BCUT2D eigenvalue weighted by Gasteiger charge is 2.24. The van der Waals surface area contributed by atoms with Gasteiger partial charge in [0.1, 0.15) is 0 Å². The lowest BCUT2D eigenvalue weighted by Crippen LogP contribution is -2.46. The molecule has 0 aromatic heterocycles. The van der Waals surface area contributed by atoms with Crippen LogP contribution >= 0.6 is 11.8 Å². The first-order valence-electron chi connectivity index (χ1n) is 10.2. The summed E-state index contributed by atoms with van der Waals surface area (Å²) in [5.74, 6) is 1.85. The van der Waals surface area contributed by atoms with E-state index in [0.717, 1.165) is 31.8 Å². The second kappa shape index (κ2) is 10.5. The van der Waals surface area contributed by atoms with E-state index in [4.69, 9.17) is 4.74 Å². The molecule has 0 unspecified atom stereocenters. The van der Waals surface area contributed by atoms with E-state index in [2.05, 4.69) is 10.2 Å². The Morgan fingerprint density at radius 2 is 1.65 bits per heavy atom. The number of carbonyl (C=O) groups is 2. The van der Waals surface area contributed by atoms with Gasteiger partial charge in [0.05, 0.1) is 24.7 Å². The lowest BCUT2D eigenvalue weighted by Gasteiger charge is -2.33. The summed E-state index contributed by atoms with van der Waals surface area (Å²) < 4.78 is 5.25. The average Bonchev–Trinajstić information content (AvgIpc) is 3.17. The number of morpholine rings is 1. The molecule has 3 fully saturated rings. The molecule has 2 amide bonds. The molecule has 148 valence electrons. The van der Waals surface area contributed by atoms with Crippen LogP contribution in [0.25, 0.3) is 0 Å². The molecular weight excluding hydrogens is 350 g/mol. The molecule has 6 nitrogen and oxygen atoms in total. The molecule has 7 heteroatoms. The van der Waals surface area contributed by atoms with Gasteiger partial charge in [-0.2, -0.15) is 0 Å². The third-order valence-electron chi connectivity index (χ3n) is 5.77. The summed E-state index contributed by atoms with van der Waals surface area (Å²) in [6, 6.07) is 0.304. The second-order valence-corrected chi connectivity index (χ2v) is 8.76. The Bertz CT molecular complexity index is 457. The number of nitrogens with zero attached hydrogens (tertiary/aromatic N) is 2. The second-order valence-electron chi connectivity index (χ2n) is 7.78. The molecule has 1 N–H and O–H groups in total. The Balaban J connectivity index is 1.25. The zero-order valence-electron chi connectivity index (χ0n) is 15.8. The first-order valence-corrected chi connectivity index (χ1v) is 11.3. The van der Waals surface area contributed by atoms with Gasteiger partial charge in [-0.3, -0.25) is 9.59 Å². The predicted octanol–water partition coefficient (Wildman–Crippen LogP) is 1.35. The number of hydrogen-bond donors (Lipinski definition) is 1. The monoisotopic (exact) mass is 383 g/mol. The van der Waals surface area contributed by atoms with E-state index in [-0.39, 0.29) is 11.8 Å². The topological polar surface area (TPSA) is 61.9 Å². The first kappa shape index (κ1) is 20.0. The maximum Gasteiger partial charge on any atom is 0.232 e. The summed E-state index contributed by atoms with van der Waals surface area (Å²) in [7, 11) is 0. The van der Waals surface area contributed by atoms with E-state index in [1.54, 1.807) is 0 Å². The van der Waals surface area contributed by atoms with Crippen LogP contribution in [0.4, 0.5) is 0 Å². The zero-order valence-corrected chi connectivity index (χ0v) is 16.6. The van der Waals surface area contributed by atoms with Gasteiger partial charge in [0.15, 0.2) is 0 Å². The van der Waals surface area contributed by atoms with Crippen molar-refractivity contribution in [2.24, 2.45) is 5.92 Å². The van der Waals surface area contributed by atoms with E-state index in [9.17, 15) is 9.59 Å². The number of hydrogen-bond acceptors (Lipinski definition) is 5. The molecule has 1 aliphatic carbocycles. The third-order valence-corrected chi connectivity index (χ3v) is 6.68. The Morgan fingerprint density at radius 1 is 0.962 bits per heavy atom. The average molecular weight is 384 g/mol. The lowest BCUT2D eigenvalue weighted by molar-refractivity contribution is -0.132. The number of thioether (sulfide) groups is 1. The van der Waals surface area contributed by atoms with Crippen LogP contribution in [0.2, 0.25) is 0 Å². The number of rotatable bonds is 7. The highest BCUT2D eigenvalue weighted by molar-refractivity contribution is 8.00. The third kappa shape index (κ3) is 6.43. The van der Waals surface area contributed by atoms with Crippen molar-refractivity contribution in [1.29, 1.82) is 0 Å². The molecule has 0 aromatic rings. The van der Waals surface area contributed by atoms with Crippen LogP contribution in [0.15, 0.2) is 0 Å². The minimum atomic E-state index is 0.0685. The molecule has 1 saturated carbocycles. The summed E-state index contributed by atoms with van der Waals surface area (Å²) in [5, 5.41) is 3.15. The van der Waals surface area contributed by atoms with Crippen molar-refractivity contribution in [3.8, 4) is 0 Å². The molecule has 0 aromatic carbocycles. The van der Waals surface area contributed by atoms with Gasteiger partial charge in [-0.15, -0.1) is 11.8 Å². The summed E-state index contributed by atoms with van der Waals surface area (Å²) in [6.07, 6.45) is 7.71. The lowest BCUT2D eigenvalue weighted by atomic mass is 10.0. The normalized spacial score (nSPS) is 23.3. The number of likely N-dealkylation sites (tertiary alicyclic amines) is 1. The van der Waals surface area contributed by atoms with Gasteiger partial charge < -0.3 is 19.9 Å². The highest BCUT2D eigenvalue weighted by Crippen LogP contribution is 2.26. The van der Waals surface area contributed by atoms with Crippen molar-refractivity contribution in [1.82, 2.24) is 15.1 Å². The van der Waals surface area contributed by atoms with E-state index in [0.29, 0.717) is 43.9 Å². The number of nitrogens with one attached hydrogen (secondary N) is 1. The van der Waals surface area contributed by atoms with E-state index in [1.165, 1.54) is 44.0 Å². The molecule has 26 heavy (non-hydrogen) atoms. The van der Waals surface area contributed by atoms with Crippen LogP contribution in [-0.4, -0.2) is 85.1 Å². The molecule has 3 aliphatic rings. The van der Waals surface area contributed by atoms with Crippen LogP contribution in [0.1, 0.15) is 38.5 Å². The number of carbonyl (C=O) groups excluding carboxylic acids is 2. The minimum Gasteiger partial charge on any atom is -0.378 e. The Kier molecular flexibility index (Phi) is 8.08. The van der Waals surface area contributed by atoms with Crippen LogP contribution in [-0.2, 0) is 14.3 Å². The largest absolute Gasteiger partial charge is 0.378 e. The zero-order chi connectivity index (χ0) is 18.2. The van der Waals surface area contributed by atoms with E-state index in [1.807, 2.05) is 4.90 Å².